The van der Waals surface area contributed by atoms with Crippen molar-refractivity contribution in [2.24, 2.45) is 0 Å². The number of benzene rings is 2. The second-order valence-electron chi connectivity index (χ2n) is 7.22. The number of halogens is 1. The highest BCUT2D eigenvalue weighted by Gasteiger charge is 2.45. The van der Waals surface area contributed by atoms with E-state index in [9.17, 15) is 14.7 Å². The van der Waals surface area contributed by atoms with Crippen LogP contribution in [0.2, 0.25) is 0 Å². The maximum absolute atomic E-state index is 12.9. The van der Waals surface area contributed by atoms with Crippen molar-refractivity contribution in [3.05, 3.63) is 75.3 Å². The molecule has 1 aliphatic rings. The van der Waals surface area contributed by atoms with Crippen molar-refractivity contribution in [1.82, 2.24) is 9.80 Å². The predicted octanol–water partition coefficient (Wildman–Crippen LogP) is 3.74. The molecule has 28 heavy (non-hydrogen) atoms. The number of ketones is 1. The minimum Gasteiger partial charge on any atom is -0.507 e. The van der Waals surface area contributed by atoms with Gasteiger partial charge in [0.1, 0.15) is 5.76 Å². The highest BCUT2D eigenvalue weighted by molar-refractivity contribution is 9.10. The first kappa shape index (κ1) is 20.3. The largest absolute Gasteiger partial charge is 0.507 e. The van der Waals surface area contributed by atoms with Crippen LogP contribution in [0.25, 0.3) is 5.76 Å². The number of hydrogen-bond donors (Lipinski definition) is 1. The summed E-state index contributed by atoms with van der Waals surface area (Å²) in [6.45, 7) is 2.98. The zero-order valence-corrected chi connectivity index (χ0v) is 17.7. The van der Waals surface area contributed by atoms with Crippen LogP contribution in [0.3, 0.4) is 0 Å². The molecule has 146 valence electrons. The van der Waals surface area contributed by atoms with Crippen LogP contribution in [0, 0.1) is 6.92 Å². The number of nitrogens with zero attached hydrogens (tertiary/aromatic N) is 2. The van der Waals surface area contributed by atoms with Gasteiger partial charge in [-0.25, -0.2) is 0 Å². The van der Waals surface area contributed by atoms with Gasteiger partial charge in [-0.3, -0.25) is 9.59 Å². The van der Waals surface area contributed by atoms with Crippen LogP contribution in [-0.4, -0.2) is 53.8 Å². The molecule has 0 bridgehead atoms. The summed E-state index contributed by atoms with van der Waals surface area (Å²) in [5.74, 6) is -1.37. The van der Waals surface area contributed by atoms with Crippen molar-refractivity contribution < 1.29 is 14.7 Å². The highest BCUT2D eigenvalue weighted by Crippen LogP contribution is 2.39. The second-order valence-corrected chi connectivity index (χ2v) is 8.13. The monoisotopic (exact) mass is 442 g/mol. The van der Waals surface area contributed by atoms with E-state index in [1.807, 2.05) is 50.2 Å². The predicted molar refractivity (Wildman–Crippen MR) is 113 cm³/mol. The molecule has 1 N–H and O–H groups in total. The maximum Gasteiger partial charge on any atom is 0.295 e. The van der Waals surface area contributed by atoms with Gasteiger partial charge in [0, 0.05) is 23.1 Å². The molecule has 1 saturated heterocycles. The van der Waals surface area contributed by atoms with Crippen LogP contribution in [0.4, 0.5) is 0 Å². The molecular weight excluding hydrogens is 420 g/mol. The van der Waals surface area contributed by atoms with Gasteiger partial charge in [-0.15, -0.1) is 0 Å². The van der Waals surface area contributed by atoms with Gasteiger partial charge in [0.25, 0.3) is 11.7 Å². The first-order valence-corrected chi connectivity index (χ1v) is 9.84. The van der Waals surface area contributed by atoms with Crippen LogP contribution >= 0.6 is 15.9 Å². The van der Waals surface area contributed by atoms with Crippen molar-refractivity contribution in [2.45, 2.75) is 13.0 Å². The summed E-state index contributed by atoms with van der Waals surface area (Å²) in [6, 6.07) is 14.1. The van der Waals surface area contributed by atoms with E-state index >= 15 is 0 Å². The van der Waals surface area contributed by atoms with Crippen molar-refractivity contribution in [2.75, 3.05) is 27.2 Å². The van der Waals surface area contributed by atoms with Crippen LogP contribution in [-0.2, 0) is 9.59 Å². The van der Waals surface area contributed by atoms with Crippen molar-refractivity contribution in [3.63, 3.8) is 0 Å². The molecule has 0 aromatic heterocycles. The molecular formula is C22H23BrN2O3. The van der Waals surface area contributed by atoms with Crippen LogP contribution < -0.4 is 0 Å². The van der Waals surface area contributed by atoms with E-state index in [1.54, 1.807) is 29.2 Å². The van der Waals surface area contributed by atoms with E-state index in [1.165, 1.54) is 0 Å². The smallest absolute Gasteiger partial charge is 0.295 e. The first-order chi connectivity index (χ1) is 13.3. The summed E-state index contributed by atoms with van der Waals surface area (Å²) in [5.41, 5.74) is 2.49. The van der Waals surface area contributed by atoms with Crippen LogP contribution in [0.15, 0.2) is 58.6 Å². The number of hydrogen-bond acceptors (Lipinski definition) is 4. The maximum atomic E-state index is 12.9. The quantitative estimate of drug-likeness (QED) is 0.435. The molecule has 1 amide bonds. The van der Waals surface area contributed by atoms with Crippen molar-refractivity contribution in [1.29, 1.82) is 0 Å². The molecule has 1 fully saturated rings. The SMILES string of the molecule is Cc1cccc(C2/C(=C(/O)c3ccc(Br)cc3)C(=O)C(=O)N2CCN(C)C)c1. The number of carbonyl (C=O) groups excluding carboxylic acids is 2. The molecule has 2 aromatic rings. The van der Waals surface area contributed by atoms with Gasteiger partial charge in [-0.1, -0.05) is 57.9 Å². The lowest BCUT2D eigenvalue weighted by molar-refractivity contribution is -0.140. The molecule has 1 atom stereocenters. The number of aryl methyl sites for hydroxylation is 1. The Morgan fingerprint density at radius 3 is 2.43 bits per heavy atom. The summed E-state index contributed by atoms with van der Waals surface area (Å²) < 4.78 is 0.866. The van der Waals surface area contributed by atoms with Gasteiger partial charge in [0.15, 0.2) is 0 Å². The fourth-order valence-corrected chi connectivity index (χ4v) is 3.63. The summed E-state index contributed by atoms with van der Waals surface area (Å²) >= 11 is 3.37. The fourth-order valence-electron chi connectivity index (χ4n) is 3.37. The standard InChI is InChI=1S/C22H23BrN2O3/c1-14-5-4-6-16(13-14)19-18(20(26)15-7-9-17(23)10-8-15)21(27)22(28)25(19)12-11-24(2)3/h4-10,13,19,26H,11-12H2,1-3H3/b20-18-. The van der Waals surface area contributed by atoms with Crippen molar-refractivity contribution in [3.8, 4) is 0 Å². The number of aliphatic hydroxyl groups is 1. The normalized spacial score (nSPS) is 18.9. The number of Topliss-reactive ketones (excluding diaryl/α,β-unsaturated/α-hetero) is 1. The van der Waals surface area contributed by atoms with E-state index in [0.29, 0.717) is 18.7 Å². The average Bonchev–Trinajstić information content (AvgIpc) is 2.91. The third kappa shape index (κ3) is 4.03. The summed E-state index contributed by atoms with van der Waals surface area (Å²) in [5, 5.41) is 10.9. The summed E-state index contributed by atoms with van der Waals surface area (Å²) in [7, 11) is 3.83. The molecule has 6 heteroatoms. The number of carbonyl (C=O) groups is 2. The van der Waals surface area contributed by atoms with Crippen molar-refractivity contribution >= 4 is 33.4 Å². The van der Waals surface area contributed by atoms with E-state index in [2.05, 4.69) is 15.9 Å². The number of amides is 1. The Morgan fingerprint density at radius 1 is 1.14 bits per heavy atom. The molecule has 0 aliphatic carbocycles. The van der Waals surface area contributed by atoms with Gasteiger partial charge >= 0.3 is 0 Å². The summed E-state index contributed by atoms with van der Waals surface area (Å²) in [6.07, 6.45) is 0. The van der Waals surface area contributed by atoms with Gasteiger partial charge in [-0.05, 0) is 38.7 Å². The Morgan fingerprint density at radius 2 is 1.82 bits per heavy atom. The lowest BCUT2D eigenvalue weighted by atomic mass is 9.94. The molecule has 1 unspecified atom stereocenters. The zero-order chi connectivity index (χ0) is 20.4. The highest BCUT2D eigenvalue weighted by atomic mass is 79.9. The first-order valence-electron chi connectivity index (χ1n) is 9.05. The Labute approximate surface area is 173 Å². The molecule has 5 nitrogen and oxygen atoms in total. The summed E-state index contributed by atoms with van der Waals surface area (Å²) in [4.78, 5) is 29.2. The molecule has 0 saturated carbocycles. The minimum atomic E-state index is -0.648. The van der Waals surface area contributed by atoms with Gasteiger partial charge in [0.2, 0.25) is 0 Å². The number of rotatable bonds is 5. The zero-order valence-electron chi connectivity index (χ0n) is 16.1. The van der Waals surface area contributed by atoms with E-state index in [4.69, 9.17) is 0 Å². The topological polar surface area (TPSA) is 60.9 Å². The van der Waals surface area contributed by atoms with Gasteiger partial charge in [-0.2, -0.15) is 0 Å². The van der Waals surface area contributed by atoms with E-state index in [0.717, 1.165) is 15.6 Å². The molecule has 2 aromatic carbocycles. The van der Waals surface area contributed by atoms with E-state index in [-0.39, 0.29) is 11.3 Å². The molecule has 0 spiro atoms. The second kappa shape index (κ2) is 8.29. The molecule has 1 aliphatic heterocycles. The number of likely N-dealkylation sites (tertiary alicyclic amines) is 1. The molecule has 0 radical (unpaired) electrons. The van der Waals surface area contributed by atoms with Gasteiger partial charge in [0.05, 0.1) is 11.6 Å². The van der Waals surface area contributed by atoms with Gasteiger partial charge < -0.3 is 14.9 Å². The third-order valence-electron chi connectivity index (χ3n) is 4.80. The Kier molecular flexibility index (Phi) is 6.01. The fraction of sp³-hybridized carbons (Fsp3) is 0.273. The Bertz CT molecular complexity index is 935. The van der Waals surface area contributed by atoms with Crippen LogP contribution in [0.5, 0.6) is 0 Å². The molecule has 1 heterocycles. The minimum absolute atomic E-state index is 0.136. The molecule has 3 rings (SSSR count). The lowest BCUT2D eigenvalue weighted by Crippen LogP contribution is -2.35. The Hall–Kier alpha value is -2.44. The van der Waals surface area contributed by atoms with E-state index < -0.39 is 17.7 Å². The Balaban J connectivity index is 2.14. The van der Waals surface area contributed by atoms with Crippen LogP contribution in [0.1, 0.15) is 22.7 Å². The average molecular weight is 443 g/mol. The third-order valence-corrected chi connectivity index (χ3v) is 5.33. The number of likely N-dealkylation sites (N-methyl/N-ethyl adjacent to an activating group) is 1. The number of aliphatic hydroxyl groups excluding tert-OH is 1. The lowest BCUT2D eigenvalue weighted by Gasteiger charge is -2.26.